The molecule has 1 aromatic rings. The van der Waals surface area contributed by atoms with Gasteiger partial charge in [0, 0.05) is 4.88 Å². The van der Waals surface area contributed by atoms with Crippen molar-refractivity contribution in [3.8, 4) is 0 Å². The lowest BCUT2D eigenvalue weighted by molar-refractivity contribution is -0.149. The molecule has 1 heterocycles. The molecule has 7 heteroatoms. The molecule has 23 heavy (non-hydrogen) atoms. The number of carbonyl (C=O) groups excluding carboxylic acids is 3. The van der Waals surface area contributed by atoms with Gasteiger partial charge in [-0.15, -0.1) is 11.3 Å². The number of rotatable bonds is 5. The lowest BCUT2D eigenvalue weighted by atomic mass is 9.93. The van der Waals surface area contributed by atoms with Crippen LogP contribution in [0.1, 0.15) is 54.4 Å². The molecule has 0 aliphatic heterocycles. The maximum atomic E-state index is 12.0. The first-order chi connectivity index (χ1) is 10.7. The van der Waals surface area contributed by atoms with Crippen molar-refractivity contribution < 1.29 is 19.1 Å². The predicted molar refractivity (Wildman–Crippen MR) is 88.5 cm³/mol. The summed E-state index contributed by atoms with van der Waals surface area (Å²) in [7, 11) is 0. The molecule has 0 radical (unpaired) electrons. The zero-order valence-corrected chi connectivity index (χ0v) is 14.5. The fraction of sp³-hybridized carbons (Fsp3) is 0.562. The van der Waals surface area contributed by atoms with Crippen LogP contribution in [0.2, 0.25) is 0 Å². The maximum Gasteiger partial charge on any atom is 0.306 e. The van der Waals surface area contributed by atoms with E-state index in [4.69, 9.17) is 10.5 Å². The van der Waals surface area contributed by atoms with Gasteiger partial charge in [0.1, 0.15) is 5.00 Å². The minimum absolute atomic E-state index is 0.193. The fourth-order valence-electron chi connectivity index (χ4n) is 2.55. The summed E-state index contributed by atoms with van der Waals surface area (Å²) in [6, 6.07) is 0. The van der Waals surface area contributed by atoms with E-state index < -0.39 is 17.8 Å². The molecule has 1 aliphatic carbocycles. The molecule has 2 rings (SSSR count). The number of thiophene rings is 1. The van der Waals surface area contributed by atoms with E-state index in [2.05, 4.69) is 5.32 Å². The van der Waals surface area contributed by atoms with Gasteiger partial charge in [-0.2, -0.15) is 0 Å². The summed E-state index contributed by atoms with van der Waals surface area (Å²) in [5.74, 6) is -1.42. The molecule has 0 bridgehead atoms. The first-order valence-corrected chi connectivity index (χ1v) is 8.39. The van der Waals surface area contributed by atoms with Gasteiger partial charge in [0.2, 0.25) is 0 Å². The lowest BCUT2D eigenvalue weighted by Gasteiger charge is -2.16. The molecule has 1 aliphatic rings. The van der Waals surface area contributed by atoms with Crippen LogP contribution in [-0.2, 0) is 27.2 Å². The van der Waals surface area contributed by atoms with E-state index in [9.17, 15) is 14.4 Å². The highest BCUT2D eigenvalue weighted by Gasteiger charge is 2.26. The first kappa shape index (κ1) is 17.5. The molecule has 0 spiro atoms. The Hall–Kier alpha value is -1.89. The molecule has 0 aromatic carbocycles. The average Bonchev–Trinajstić information content (AvgIpc) is 2.93. The summed E-state index contributed by atoms with van der Waals surface area (Å²) in [6.45, 7) is 5.39. The predicted octanol–water partition coefficient (Wildman–Crippen LogP) is 2.25. The van der Waals surface area contributed by atoms with Gasteiger partial charge in [-0.3, -0.25) is 14.4 Å². The number of esters is 1. The Balaban J connectivity index is 1.96. The van der Waals surface area contributed by atoms with E-state index in [1.165, 1.54) is 11.3 Å². The number of carbonyl (C=O) groups is 3. The molecule has 3 N–H and O–H groups in total. The van der Waals surface area contributed by atoms with Crippen LogP contribution in [0.5, 0.6) is 0 Å². The maximum absolute atomic E-state index is 12.0. The quantitative estimate of drug-likeness (QED) is 0.804. The van der Waals surface area contributed by atoms with Crippen molar-refractivity contribution in [2.24, 2.45) is 11.1 Å². The molecule has 0 saturated carbocycles. The second-order valence-corrected chi connectivity index (χ2v) is 7.98. The largest absolute Gasteiger partial charge is 0.456 e. The molecule has 6 nitrogen and oxygen atoms in total. The monoisotopic (exact) mass is 338 g/mol. The topological polar surface area (TPSA) is 98.5 Å². The van der Waals surface area contributed by atoms with Gasteiger partial charge in [0.05, 0.1) is 12.0 Å². The van der Waals surface area contributed by atoms with Crippen LogP contribution >= 0.6 is 11.3 Å². The van der Waals surface area contributed by atoms with Crippen molar-refractivity contribution >= 4 is 34.1 Å². The Morgan fingerprint density at radius 1 is 1.26 bits per heavy atom. The van der Waals surface area contributed by atoms with Crippen molar-refractivity contribution in [1.82, 2.24) is 0 Å². The second kappa shape index (κ2) is 6.70. The Morgan fingerprint density at radius 2 is 1.96 bits per heavy atom. The summed E-state index contributed by atoms with van der Waals surface area (Å²) in [5, 5.41) is 3.10. The van der Waals surface area contributed by atoms with Crippen LogP contribution in [-0.4, -0.2) is 24.4 Å². The average molecular weight is 338 g/mol. The number of nitrogens with one attached hydrogen (secondary N) is 1. The number of nitrogens with two attached hydrogens (primary N) is 1. The Morgan fingerprint density at radius 3 is 2.57 bits per heavy atom. The first-order valence-electron chi connectivity index (χ1n) is 7.57. The fourth-order valence-corrected chi connectivity index (χ4v) is 3.86. The zero-order chi connectivity index (χ0) is 17.2. The number of hydrogen-bond acceptors (Lipinski definition) is 5. The summed E-state index contributed by atoms with van der Waals surface area (Å²) in [6.07, 6.45) is 2.94. The van der Waals surface area contributed by atoms with E-state index in [-0.39, 0.29) is 18.4 Å². The Labute approximate surface area is 139 Å². The van der Waals surface area contributed by atoms with Gasteiger partial charge in [-0.05, 0) is 30.2 Å². The van der Waals surface area contributed by atoms with Crippen LogP contribution < -0.4 is 11.1 Å². The Bertz CT molecular complexity index is 643. The van der Waals surface area contributed by atoms with Gasteiger partial charge >= 0.3 is 5.97 Å². The van der Waals surface area contributed by atoms with Crippen LogP contribution in [0.25, 0.3) is 0 Å². The summed E-state index contributed by atoms with van der Waals surface area (Å²) in [5.41, 5.74) is 6.58. The third-order valence-electron chi connectivity index (χ3n) is 3.46. The van der Waals surface area contributed by atoms with Crippen molar-refractivity contribution in [2.75, 3.05) is 11.9 Å². The molecule has 2 amide bonds. The molecule has 0 saturated heterocycles. The standard InChI is InChI=1S/C16H22N2O4S/c1-16(2,3)7-12(20)22-8-11(19)18-15-13(14(17)21)9-5-4-6-10(9)23-15/h4-8H2,1-3H3,(H2,17,21)(H,18,19). The van der Waals surface area contributed by atoms with Crippen LogP contribution in [0.15, 0.2) is 0 Å². The van der Waals surface area contributed by atoms with Gasteiger partial charge in [-0.25, -0.2) is 0 Å². The van der Waals surface area contributed by atoms with E-state index in [0.717, 1.165) is 29.7 Å². The van der Waals surface area contributed by atoms with E-state index >= 15 is 0 Å². The zero-order valence-electron chi connectivity index (χ0n) is 13.7. The summed E-state index contributed by atoms with van der Waals surface area (Å²) >= 11 is 1.38. The van der Waals surface area contributed by atoms with Crippen molar-refractivity contribution in [3.63, 3.8) is 0 Å². The normalized spacial score (nSPS) is 13.5. The highest BCUT2D eigenvalue weighted by atomic mass is 32.1. The van der Waals surface area contributed by atoms with Gasteiger partial charge in [-0.1, -0.05) is 20.8 Å². The highest BCUT2D eigenvalue weighted by Crippen LogP contribution is 2.38. The van der Waals surface area contributed by atoms with Crippen molar-refractivity contribution in [2.45, 2.75) is 46.5 Å². The van der Waals surface area contributed by atoms with Gasteiger partial charge < -0.3 is 15.8 Å². The number of amides is 2. The molecule has 0 atom stereocenters. The van der Waals surface area contributed by atoms with E-state index in [1.807, 2.05) is 20.8 Å². The van der Waals surface area contributed by atoms with E-state index in [0.29, 0.717) is 10.6 Å². The van der Waals surface area contributed by atoms with Gasteiger partial charge in [0.25, 0.3) is 11.8 Å². The van der Waals surface area contributed by atoms with Gasteiger partial charge in [0.15, 0.2) is 6.61 Å². The molecule has 0 unspecified atom stereocenters. The minimum Gasteiger partial charge on any atom is -0.456 e. The third-order valence-corrected chi connectivity index (χ3v) is 4.67. The van der Waals surface area contributed by atoms with Crippen molar-refractivity contribution in [1.29, 1.82) is 0 Å². The third kappa shape index (κ3) is 4.54. The number of fused-ring (bicyclic) bond motifs is 1. The number of hydrogen-bond donors (Lipinski definition) is 2. The van der Waals surface area contributed by atoms with Crippen LogP contribution in [0.3, 0.4) is 0 Å². The SMILES string of the molecule is CC(C)(C)CC(=O)OCC(=O)Nc1sc2c(c1C(N)=O)CCC2. The minimum atomic E-state index is -0.538. The number of primary amides is 1. The highest BCUT2D eigenvalue weighted by molar-refractivity contribution is 7.17. The second-order valence-electron chi connectivity index (χ2n) is 6.87. The molecular weight excluding hydrogens is 316 g/mol. The smallest absolute Gasteiger partial charge is 0.306 e. The Kier molecular flexibility index (Phi) is 5.09. The van der Waals surface area contributed by atoms with E-state index in [1.54, 1.807) is 0 Å². The molecule has 0 fully saturated rings. The molecular formula is C16H22N2O4S. The lowest BCUT2D eigenvalue weighted by Crippen LogP contribution is -2.24. The van der Waals surface area contributed by atoms with Crippen LogP contribution in [0, 0.1) is 5.41 Å². The van der Waals surface area contributed by atoms with Crippen LogP contribution in [0.4, 0.5) is 5.00 Å². The van der Waals surface area contributed by atoms with Crippen molar-refractivity contribution in [3.05, 3.63) is 16.0 Å². The summed E-state index contributed by atoms with van der Waals surface area (Å²) < 4.78 is 4.97. The number of aryl methyl sites for hydroxylation is 1. The molecule has 1 aromatic heterocycles. The molecule has 126 valence electrons. The summed E-state index contributed by atoms with van der Waals surface area (Å²) in [4.78, 5) is 36.3. The number of ether oxygens (including phenoxy) is 1. The number of anilines is 1.